The topological polar surface area (TPSA) is 61.2 Å². The number of carbonyl (C=O) groups is 1. The molecule has 0 spiro atoms. The van der Waals surface area contributed by atoms with Gasteiger partial charge in [0.1, 0.15) is 5.75 Å². The SMILES string of the molecule is COc1ccc(C(=O)Cn2cc(Cl)cnc2=O)cc1. The number of nitrogens with zero attached hydrogens (tertiary/aromatic N) is 2. The van der Waals surface area contributed by atoms with Crippen molar-refractivity contribution >= 4 is 17.4 Å². The van der Waals surface area contributed by atoms with E-state index < -0.39 is 5.69 Å². The summed E-state index contributed by atoms with van der Waals surface area (Å²) in [6.45, 7) is -0.0985. The van der Waals surface area contributed by atoms with E-state index in [4.69, 9.17) is 16.3 Å². The largest absolute Gasteiger partial charge is 0.497 e. The molecule has 0 amide bonds. The van der Waals surface area contributed by atoms with E-state index >= 15 is 0 Å². The molecule has 0 radical (unpaired) electrons. The van der Waals surface area contributed by atoms with Crippen LogP contribution in [-0.2, 0) is 6.54 Å². The van der Waals surface area contributed by atoms with Crippen LogP contribution in [0.5, 0.6) is 5.75 Å². The van der Waals surface area contributed by atoms with Gasteiger partial charge < -0.3 is 4.74 Å². The fraction of sp³-hybridized carbons (Fsp3) is 0.154. The molecule has 0 N–H and O–H groups in total. The zero-order valence-electron chi connectivity index (χ0n) is 10.2. The average Bonchev–Trinajstić information content (AvgIpc) is 2.43. The van der Waals surface area contributed by atoms with Crippen LogP contribution in [0.25, 0.3) is 0 Å². The van der Waals surface area contributed by atoms with Crippen molar-refractivity contribution in [1.29, 1.82) is 0 Å². The van der Waals surface area contributed by atoms with Crippen molar-refractivity contribution in [2.75, 3.05) is 7.11 Å². The van der Waals surface area contributed by atoms with Crippen molar-refractivity contribution in [3.8, 4) is 5.75 Å². The van der Waals surface area contributed by atoms with Gasteiger partial charge in [-0.05, 0) is 24.3 Å². The van der Waals surface area contributed by atoms with Crippen LogP contribution < -0.4 is 10.4 Å². The van der Waals surface area contributed by atoms with Gasteiger partial charge in [0.05, 0.1) is 24.9 Å². The lowest BCUT2D eigenvalue weighted by atomic mass is 10.1. The van der Waals surface area contributed by atoms with E-state index in [2.05, 4.69) is 4.98 Å². The molecule has 6 heteroatoms. The maximum atomic E-state index is 12.0. The standard InChI is InChI=1S/C13H11ClN2O3/c1-19-11-4-2-9(3-5-11)12(17)8-16-7-10(14)6-15-13(16)18/h2-7H,8H2,1H3. The molecule has 2 rings (SSSR count). The summed E-state index contributed by atoms with van der Waals surface area (Å²) >= 11 is 5.74. The second-order valence-corrected chi connectivity index (χ2v) is 4.27. The third-order valence-corrected chi connectivity index (χ3v) is 2.74. The number of rotatable bonds is 4. The molecule has 0 fully saturated rings. The lowest BCUT2D eigenvalue weighted by Crippen LogP contribution is -2.25. The van der Waals surface area contributed by atoms with Gasteiger partial charge in [0.2, 0.25) is 0 Å². The number of hydrogen-bond acceptors (Lipinski definition) is 4. The predicted octanol–water partition coefficient (Wildman–Crippen LogP) is 1.79. The number of Topliss-reactive ketones (excluding diaryl/α,β-unsaturated/α-hetero) is 1. The van der Waals surface area contributed by atoms with Gasteiger partial charge in [-0.1, -0.05) is 11.6 Å². The highest BCUT2D eigenvalue weighted by Crippen LogP contribution is 2.12. The molecule has 0 aliphatic carbocycles. The molecule has 1 aromatic heterocycles. The molecule has 0 saturated heterocycles. The Balaban J connectivity index is 2.20. The molecule has 98 valence electrons. The van der Waals surface area contributed by atoms with Crippen molar-refractivity contribution in [2.24, 2.45) is 0 Å². The highest BCUT2D eigenvalue weighted by molar-refractivity contribution is 6.30. The van der Waals surface area contributed by atoms with Crippen molar-refractivity contribution in [3.63, 3.8) is 0 Å². The number of halogens is 1. The van der Waals surface area contributed by atoms with Crippen LogP contribution in [0.15, 0.2) is 41.5 Å². The zero-order chi connectivity index (χ0) is 13.8. The number of methoxy groups -OCH3 is 1. The minimum absolute atomic E-state index is 0.0985. The monoisotopic (exact) mass is 278 g/mol. The number of hydrogen-bond donors (Lipinski definition) is 0. The van der Waals surface area contributed by atoms with Gasteiger partial charge in [-0.3, -0.25) is 9.36 Å². The molecular weight excluding hydrogens is 268 g/mol. The zero-order valence-corrected chi connectivity index (χ0v) is 10.9. The molecule has 0 aliphatic heterocycles. The van der Waals surface area contributed by atoms with Crippen LogP contribution in [0.3, 0.4) is 0 Å². The van der Waals surface area contributed by atoms with Gasteiger partial charge in [-0.25, -0.2) is 9.78 Å². The first-order chi connectivity index (χ1) is 9.10. The van der Waals surface area contributed by atoms with Crippen molar-refractivity contribution in [1.82, 2.24) is 9.55 Å². The van der Waals surface area contributed by atoms with Gasteiger partial charge in [0.15, 0.2) is 5.78 Å². The Kier molecular flexibility index (Phi) is 3.97. The number of ether oxygens (including phenoxy) is 1. The lowest BCUT2D eigenvalue weighted by molar-refractivity contribution is 0.0970. The normalized spacial score (nSPS) is 10.2. The Hall–Kier alpha value is -2.14. The summed E-state index contributed by atoms with van der Waals surface area (Å²) in [5.74, 6) is 0.465. The third kappa shape index (κ3) is 3.20. The highest BCUT2D eigenvalue weighted by atomic mass is 35.5. The van der Waals surface area contributed by atoms with Crippen molar-refractivity contribution in [3.05, 3.63) is 57.7 Å². The summed E-state index contributed by atoms with van der Waals surface area (Å²) in [5.41, 5.74) is -0.0149. The number of carbonyl (C=O) groups excluding carboxylic acids is 1. The molecule has 0 unspecified atom stereocenters. The van der Waals surface area contributed by atoms with E-state index in [9.17, 15) is 9.59 Å². The first-order valence-corrected chi connectivity index (χ1v) is 5.87. The summed E-state index contributed by atoms with van der Waals surface area (Å²) in [6.07, 6.45) is 2.64. The van der Waals surface area contributed by atoms with Crippen LogP contribution >= 0.6 is 11.6 Å². The van der Waals surface area contributed by atoms with Crippen LogP contribution in [0.2, 0.25) is 5.02 Å². The van der Waals surface area contributed by atoms with Crippen LogP contribution in [0.4, 0.5) is 0 Å². The van der Waals surface area contributed by atoms with Gasteiger partial charge in [0.25, 0.3) is 0 Å². The van der Waals surface area contributed by atoms with E-state index in [0.717, 1.165) is 0 Å². The Bertz CT molecular complexity index is 650. The number of benzene rings is 1. The molecule has 1 heterocycles. The Morgan fingerprint density at radius 1 is 1.37 bits per heavy atom. The van der Waals surface area contributed by atoms with Crippen molar-refractivity contribution in [2.45, 2.75) is 6.54 Å². The molecule has 0 atom stereocenters. The average molecular weight is 279 g/mol. The Morgan fingerprint density at radius 2 is 2.05 bits per heavy atom. The van der Waals surface area contributed by atoms with E-state index in [1.807, 2.05) is 0 Å². The molecule has 1 aromatic carbocycles. The quantitative estimate of drug-likeness (QED) is 0.800. The molecule has 19 heavy (non-hydrogen) atoms. The van der Waals surface area contributed by atoms with Gasteiger partial charge in [-0.2, -0.15) is 0 Å². The van der Waals surface area contributed by atoms with E-state index in [0.29, 0.717) is 16.3 Å². The maximum Gasteiger partial charge on any atom is 0.348 e. The maximum absolute atomic E-state index is 12.0. The number of aromatic nitrogens is 2. The summed E-state index contributed by atoms with van der Waals surface area (Å²) in [7, 11) is 1.55. The highest BCUT2D eigenvalue weighted by Gasteiger charge is 2.08. The minimum Gasteiger partial charge on any atom is -0.497 e. The molecular formula is C13H11ClN2O3. The van der Waals surface area contributed by atoms with Gasteiger partial charge in [-0.15, -0.1) is 0 Å². The third-order valence-electron chi connectivity index (χ3n) is 2.55. The van der Waals surface area contributed by atoms with Gasteiger partial charge >= 0.3 is 5.69 Å². The Morgan fingerprint density at radius 3 is 2.68 bits per heavy atom. The fourth-order valence-electron chi connectivity index (χ4n) is 1.56. The fourth-order valence-corrected chi connectivity index (χ4v) is 1.73. The summed E-state index contributed by atoms with van der Waals surface area (Å²) in [6, 6.07) is 6.66. The van der Waals surface area contributed by atoms with E-state index in [1.54, 1.807) is 31.4 Å². The summed E-state index contributed by atoms with van der Waals surface area (Å²) < 4.78 is 6.18. The molecule has 0 aliphatic rings. The van der Waals surface area contributed by atoms with Crippen molar-refractivity contribution < 1.29 is 9.53 Å². The van der Waals surface area contributed by atoms with E-state index in [1.165, 1.54) is 17.0 Å². The smallest absolute Gasteiger partial charge is 0.348 e. The minimum atomic E-state index is -0.508. The molecule has 0 bridgehead atoms. The van der Waals surface area contributed by atoms with Crippen LogP contribution in [0, 0.1) is 0 Å². The first kappa shape index (κ1) is 13.3. The molecule has 5 nitrogen and oxygen atoms in total. The van der Waals surface area contributed by atoms with Crippen LogP contribution in [0.1, 0.15) is 10.4 Å². The lowest BCUT2D eigenvalue weighted by Gasteiger charge is -2.05. The summed E-state index contributed by atoms with van der Waals surface area (Å²) in [4.78, 5) is 27.0. The van der Waals surface area contributed by atoms with Gasteiger partial charge in [0, 0.05) is 11.8 Å². The first-order valence-electron chi connectivity index (χ1n) is 5.49. The predicted molar refractivity (Wildman–Crippen MR) is 70.8 cm³/mol. The summed E-state index contributed by atoms with van der Waals surface area (Å²) in [5, 5.41) is 0.308. The Labute approximate surface area is 114 Å². The molecule has 2 aromatic rings. The second kappa shape index (κ2) is 5.67. The number of ketones is 1. The second-order valence-electron chi connectivity index (χ2n) is 3.83. The van der Waals surface area contributed by atoms with Crippen LogP contribution in [-0.4, -0.2) is 22.4 Å². The van der Waals surface area contributed by atoms with E-state index in [-0.39, 0.29) is 12.3 Å². The molecule has 0 saturated carbocycles.